The highest BCUT2D eigenvalue weighted by atomic mass is 16.2. The molecule has 1 atom stereocenters. The summed E-state index contributed by atoms with van der Waals surface area (Å²) in [6.07, 6.45) is 7.17. The number of carbonyl (C=O) groups excluding carboxylic acids is 1. The van der Waals surface area contributed by atoms with Gasteiger partial charge in [0.2, 0.25) is 5.91 Å². The second kappa shape index (κ2) is 5.13. The van der Waals surface area contributed by atoms with Crippen molar-refractivity contribution < 1.29 is 4.79 Å². The third-order valence-corrected chi connectivity index (χ3v) is 5.74. The van der Waals surface area contributed by atoms with E-state index in [0.717, 1.165) is 26.1 Å². The molecule has 0 radical (unpaired) electrons. The number of rotatable bonds is 1. The van der Waals surface area contributed by atoms with Crippen molar-refractivity contribution in [3.05, 3.63) is 35.4 Å². The van der Waals surface area contributed by atoms with Crippen LogP contribution in [0, 0.1) is 0 Å². The number of hydrogen-bond donors (Lipinski definition) is 1. The number of hydrogen-bond acceptors (Lipinski definition) is 2. The summed E-state index contributed by atoms with van der Waals surface area (Å²) >= 11 is 0. The van der Waals surface area contributed by atoms with Crippen LogP contribution < -0.4 is 5.32 Å². The predicted octanol–water partition coefficient (Wildman–Crippen LogP) is 2.46. The summed E-state index contributed by atoms with van der Waals surface area (Å²) in [5.74, 6) is 0.509. The second-order valence-electron chi connectivity index (χ2n) is 6.91. The lowest BCUT2D eigenvalue weighted by molar-refractivity contribution is -0.143. The van der Waals surface area contributed by atoms with Gasteiger partial charge in [-0.1, -0.05) is 43.5 Å². The van der Waals surface area contributed by atoms with Gasteiger partial charge in [0.15, 0.2) is 0 Å². The van der Waals surface area contributed by atoms with Crippen LogP contribution in [0.4, 0.5) is 0 Å². The summed E-state index contributed by atoms with van der Waals surface area (Å²) in [4.78, 5) is 15.4. The standard InChI is InChI=1S/C18H24N2O/c21-17(16-12-14-6-2-3-7-15(14)16)20-11-10-19-13-18(20)8-4-1-5-9-18/h2-3,6-7,16,19H,1,4-5,8-13H2. The molecule has 1 amide bonds. The SMILES string of the molecule is O=C(C1Cc2ccccc21)N1CCNCC12CCCCC2. The zero-order chi connectivity index (χ0) is 14.3. The lowest BCUT2D eigenvalue weighted by Gasteiger charge is -2.51. The molecule has 1 heterocycles. The highest BCUT2D eigenvalue weighted by Crippen LogP contribution is 2.41. The quantitative estimate of drug-likeness (QED) is 0.859. The Morgan fingerprint density at radius 2 is 2.00 bits per heavy atom. The molecule has 3 heteroatoms. The van der Waals surface area contributed by atoms with E-state index >= 15 is 0 Å². The van der Waals surface area contributed by atoms with Crippen LogP contribution in [0.3, 0.4) is 0 Å². The van der Waals surface area contributed by atoms with E-state index in [9.17, 15) is 4.79 Å². The third kappa shape index (κ3) is 2.10. The molecular formula is C18H24N2O. The van der Waals surface area contributed by atoms with E-state index in [4.69, 9.17) is 0 Å². The highest BCUT2D eigenvalue weighted by molar-refractivity contribution is 5.87. The monoisotopic (exact) mass is 284 g/mol. The number of carbonyl (C=O) groups is 1. The summed E-state index contributed by atoms with van der Waals surface area (Å²) < 4.78 is 0. The summed E-state index contributed by atoms with van der Waals surface area (Å²) in [6.45, 7) is 2.83. The van der Waals surface area contributed by atoms with Gasteiger partial charge in [-0.05, 0) is 30.4 Å². The fourth-order valence-corrected chi connectivity index (χ4v) is 4.51. The molecule has 1 spiro atoms. The van der Waals surface area contributed by atoms with Crippen molar-refractivity contribution in [2.45, 2.75) is 50.0 Å². The Labute approximate surface area is 126 Å². The Balaban J connectivity index is 1.58. The summed E-state index contributed by atoms with van der Waals surface area (Å²) in [7, 11) is 0. The van der Waals surface area contributed by atoms with E-state index in [1.165, 1.54) is 43.2 Å². The fourth-order valence-electron chi connectivity index (χ4n) is 4.51. The van der Waals surface area contributed by atoms with Crippen LogP contribution in [-0.4, -0.2) is 36.0 Å². The Kier molecular flexibility index (Phi) is 3.26. The van der Waals surface area contributed by atoms with Crippen LogP contribution in [0.2, 0.25) is 0 Å². The lowest BCUT2D eigenvalue weighted by atomic mass is 9.74. The van der Waals surface area contributed by atoms with Crippen LogP contribution in [0.1, 0.15) is 49.1 Å². The van der Waals surface area contributed by atoms with E-state index in [1.807, 2.05) is 0 Å². The Bertz CT molecular complexity index is 540. The molecule has 21 heavy (non-hydrogen) atoms. The van der Waals surface area contributed by atoms with Gasteiger partial charge in [-0.3, -0.25) is 4.79 Å². The minimum atomic E-state index is 0.109. The largest absolute Gasteiger partial charge is 0.334 e. The van der Waals surface area contributed by atoms with Crippen molar-refractivity contribution in [3.8, 4) is 0 Å². The molecule has 0 aromatic heterocycles. The minimum absolute atomic E-state index is 0.109. The van der Waals surface area contributed by atoms with Crippen LogP contribution in [0.25, 0.3) is 0 Å². The van der Waals surface area contributed by atoms with Gasteiger partial charge < -0.3 is 10.2 Å². The number of amides is 1. The molecule has 3 aliphatic rings. The number of nitrogens with one attached hydrogen (secondary N) is 1. The van der Waals surface area contributed by atoms with Crippen molar-refractivity contribution in [1.29, 1.82) is 0 Å². The van der Waals surface area contributed by atoms with Crippen LogP contribution >= 0.6 is 0 Å². The van der Waals surface area contributed by atoms with Gasteiger partial charge >= 0.3 is 0 Å². The van der Waals surface area contributed by atoms with Crippen molar-refractivity contribution in [2.24, 2.45) is 0 Å². The molecule has 2 fully saturated rings. The molecule has 3 nitrogen and oxygen atoms in total. The summed E-state index contributed by atoms with van der Waals surface area (Å²) in [5, 5.41) is 3.53. The first-order valence-electron chi connectivity index (χ1n) is 8.40. The summed E-state index contributed by atoms with van der Waals surface area (Å²) in [6, 6.07) is 8.43. The number of benzene rings is 1. The number of piperazine rings is 1. The van der Waals surface area contributed by atoms with E-state index in [0.29, 0.717) is 5.91 Å². The lowest BCUT2D eigenvalue weighted by Crippen LogP contribution is -2.64. The smallest absolute Gasteiger partial charge is 0.231 e. The van der Waals surface area contributed by atoms with E-state index in [1.54, 1.807) is 0 Å². The molecule has 4 rings (SSSR count). The molecule has 1 saturated carbocycles. The van der Waals surface area contributed by atoms with E-state index in [2.05, 4.69) is 34.5 Å². The average Bonchev–Trinajstić information content (AvgIpc) is 2.50. The molecular weight excluding hydrogens is 260 g/mol. The second-order valence-corrected chi connectivity index (χ2v) is 6.91. The fraction of sp³-hybridized carbons (Fsp3) is 0.611. The van der Waals surface area contributed by atoms with Crippen molar-refractivity contribution in [2.75, 3.05) is 19.6 Å². The molecule has 1 aromatic carbocycles. The molecule has 1 N–H and O–H groups in total. The first kappa shape index (κ1) is 13.3. The van der Waals surface area contributed by atoms with Crippen LogP contribution in [0.5, 0.6) is 0 Å². The molecule has 0 bridgehead atoms. The molecule has 1 unspecified atom stereocenters. The maximum absolute atomic E-state index is 13.1. The van der Waals surface area contributed by atoms with Crippen LogP contribution in [-0.2, 0) is 11.2 Å². The molecule has 1 saturated heterocycles. The number of fused-ring (bicyclic) bond motifs is 1. The van der Waals surface area contributed by atoms with Gasteiger partial charge in [0.05, 0.1) is 11.5 Å². The predicted molar refractivity (Wildman–Crippen MR) is 83.3 cm³/mol. The molecule has 2 aliphatic carbocycles. The van der Waals surface area contributed by atoms with Crippen molar-refractivity contribution in [3.63, 3.8) is 0 Å². The van der Waals surface area contributed by atoms with Crippen molar-refractivity contribution in [1.82, 2.24) is 10.2 Å². The van der Waals surface area contributed by atoms with Gasteiger partial charge in [0.1, 0.15) is 0 Å². The van der Waals surface area contributed by atoms with Gasteiger partial charge in [-0.15, -0.1) is 0 Å². The third-order valence-electron chi connectivity index (χ3n) is 5.74. The van der Waals surface area contributed by atoms with Gasteiger partial charge in [-0.25, -0.2) is 0 Å². The Hall–Kier alpha value is -1.35. The molecule has 1 aliphatic heterocycles. The highest BCUT2D eigenvalue weighted by Gasteiger charge is 2.45. The van der Waals surface area contributed by atoms with E-state index in [-0.39, 0.29) is 11.5 Å². The zero-order valence-electron chi connectivity index (χ0n) is 12.6. The maximum atomic E-state index is 13.1. The molecule has 112 valence electrons. The molecule has 1 aromatic rings. The average molecular weight is 284 g/mol. The summed E-state index contributed by atoms with van der Waals surface area (Å²) in [5.41, 5.74) is 2.74. The van der Waals surface area contributed by atoms with Gasteiger partial charge in [-0.2, -0.15) is 0 Å². The minimum Gasteiger partial charge on any atom is -0.334 e. The topological polar surface area (TPSA) is 32.3 Å². The Morgan fingerprint density at radius 3 is 2.81 bits per heavy atom. The van der Waals surface area contributed by atoms with Gasteiger partial charge in [0, 0.05) is 19.6 Å². The normalized spacial score (nSPS) is 27.0. The first-order valence-corrected chi connectivity index (χ1v) is 8.40. The maximum Gasteiger partial charge on any atom is 0.231 e. The number of nitrogens with zero attached hydrogens (tertiary/aromatic N) is 1. The van der Waals surface area contributed by atoms with Crippen molar-refractivity contribution >= 4 is 5.91 Å². The Morgan fingerprint density at radius 1 is 1.19 bits per heavy atom. The van der Waals surface area contributed by atoms with Crippen LogP contribution in [0.15, 0.2) is 24.3 Å². The zero-order valence-corrected chi connectivity index (χ0v) is 12.6. The first-order chi connectivity index (χ1) is 10.3. The van der Waals surface area contributed by atoms with Gasteiger partial charge in [0.25, 0.3) is 0 Å². The van der Waals surface area contributed by atoms with E-state index < -0.39 is 0 Å².